The molecule has 0 radical (unpaired) electrons. The highest BCUT2D eigenvalue weighted by Crippen LogP contribution is 2.33. The van der Waals surface area contributed by atoms with Gasteiger partial charge >= 0.3 is 0 Å². The van der Waals surface area contributed by atoms with Crippen LogP contribution in [-0.4, -0.2) is 32.4 Å². The van der Waals surface area contributed by atoms with Crippen LogP contribution in [0.4, 0.5) is 11.6 Å². The van der Waals surface area contributed by atoms with E-state index in [1.54, 1.807) is 23.5 Å². The lowest BCUT2D eigenvalue weighted by Gasteiger charge is -2.25. The number of benzene rings is 2. The molecule has 2 amide bonds. The molecule has 0 aliphatic heterocycles. The van der Waals surface area contributed by atoms with E-state index in [-0.39, 0.29) is 17.8 Å². The zero-order valence-corrected chi connectivity index (χ0v) is 22.1. The van der Waals surface area contributed by atoms with Crippen LogP contribution in [0.5, 0.6) is 0 Å². The summed E-state index contributed by atoms with van der Waals surface area (Å²) >= 11 is 1.73. The maximum Gasteiger partial charge on any atom is 0.270 e. The van der Waals surface area contributed by atoms with Gasteiger partial charge in [0.15, 0.2) is 0 Å². The second-order valence-corrected chi connectivity index (χ2v) is 10.8. The van der Waals surface area contributed by atoms with Crippen molar-refractivity contribution in [3.8, 4) is 0 Å². The molecule has 4 aromatic rings. The van der Waals surface area contributed by atoms with Crippen LogP contribution in [0.3, 0.4) is 0 Å². The first-order valence-corrected chi connectivity index (χ1v) is 14.1. The van der Waals surface area contributed by atoms with Crippen molar-refractivity contribution in [2.45, 2.75) is 63.8 Å². The Hall–Kier alpha value is -3.85. The molecule has 0 spiro atoms. The number of nitrogens with zero attached hydrogens (tertiary/aromatic N) is 4. The Morgan fingerprint density at radius 3 is 2.47 bits per heavy atom. The Bertz CT molecular complexity index is 1300. The summed E-state index contributed by atoms with van der Waals surface area (Å²) in [5.74, 6) is 0.526. The number of thiophene rings is 1. The number of hydrogen-bond acceptors (Lipinski definition) is 6. The molecule has 0 atom stereocenters. The monoisotopic (exact) mass is 528 g/mol. The lowest BCUT2D eigenvalue weighted by atomic mass is 9.84. The Morgan fingerprint density at radius 1 is 1.00 bits per heavy atom. The first-order valence-electron chi connectivity index (χ1n) is 13.2. The van der Waals surface area contributed by atoms with Crippen LogP contribution in [0.25, 0.3) is 0 Å². The van der Waals surface area contributed by atoms with Crippen LogP contribution in [0.2, 0.25) is 0 Å². The van der Waals surface area contributed by atoms with E-state index in [1.807, 2.05) is 23.1 Å². The van der Waals surface area contributed by atoms with Gasteiger partial charge in [-0.3, -0.25) is 14.9 Å². The van der Waals surface area contributed by atoms with Crippen molar-refractivity contribution in [3.05, 3.63) is 87.6 Å². The number of nitrogens with one attached hydrogen (secondary N) is 2. The summed E-state index contributed by atoms with van der Waals surface area (Å²) in [6.45, 7) is 0.438. The smallest absolute Gasteiger partial charge is 0.270 e. The predicted molar refractivity (Wildman–Crippen MR) is 149 cm³/mol. The Balaban J connectivity index is 1.29. The molecule has 5 rings (SSSR count). The first-order chi connectivity index (χ1) is 18.7. The topological polar surface area (TPSA) is 104 Å². The molecule has 1 aliphatic rings. The van der Waals surface area contributed by atoms with Crippen LogP contribution < -0.4 is 10.2 Å². The normalized spacial score (nSPS) is 13.8. The molecule has 2 heterocycles. The summed E-state index contributed by atoms with van der Waals surface area (Å²) in [5, 5.41) is 17.9. The summed E-state index contributed by atoms with van der Waals surface area (Å²) in [6.07, 6.45) is 8.62. The molecule has 38 heavy (non-hydrogen) atoms. The second kappa shape index (κ2) is 12.6. The number of rotatable bonds is 10. The molecular weight excluding hydrogens is 496 g/mol. The van der Waals surface area contributed by atoms with Crippen molar-refractivity contribution in [2.75, 3.05) is 10.2 Å². The third-order valence-corrected chi connectivity index (χ3v) is 8.04. The van der Waals surface area contributed by atoms with Gasteiger partial charge in [0.2, 0.25) is 5.91 Å². The van der Waals surface area contributed by atoms with E-state index in [0.717, 1.165) is 24.1 Å². The van der Waals surface area contributed by atoms with Crippen molar-refractivity contribution < 1.29 is 9.59 Å². The fourth-order valence-corrected chi connectivity index (χ4v) is 5.77. The standard InChI is InChI=1S/C29H32N6O2S/c36-27(10-4-8-26-9-5-19-38-26)35(25-17-15-23(16-18-25)22-6-2-1-3-7-22)20-21-11-13-24(14-12-21)28(37)30-29-31-33-34-32-29/h5,9,11-19,22H,1-4,6-8,10,20H2,(H2,30,31,32,33,34,37). The predicted octanol–water partition coefficient (Wildman–Crippen LogP) is 6.12. The number of aromatic amines is 1. The third-order valence-electron chi connectivity index (χ3n) is 7.10. The molecule has 2 aromatic carbocycles. The van der Waals surface area contributed by atoms with Gasteiger partial charge in [-0.15, -0.1) is 16.4 Å². The summed E-state index contributed by atoms with van der Waals surface area (Å²) in [5.41, 5.74) is 3.70. The van der Waals surface area contributed by atoms with Crippen molar-refractivity contribution in [1.29, 1.82) is 0 Å². The largest absolute Gasteiger partial charge is 0.308 e. The van der Waals surface area contributed by atoms with Crippen molar-refractivity contribution in [1.82, 2.24) is 20.6 Å². The molecule has 1 saturated carbocycles. The molecule has 2 aromatic heterocycles. The van der Waals surface area contributed by atoms with Gasteiger partial charge in [0, 0.05) is 22.5 Å². The van der Waals surface area contributed by atoms with Gasteiger partial charge in [-0.2, -0.15) is 5.21 Å². The number of carbonyl (C=O) groups is 2. The number of aryl methyl sites for hydroxylation is 1. The fourth-order valence-electron chi connectivity index (χ4n) is 5.02. The van der Waals surface area contributed by atoms with Crippen molar-refractivity contribution in [2.24, 2.45) is 0 Å². The van der Waals surface area contributed by atoms with Crippen LogP contribution >= 0.6 is 11.3 Å². The maximum absolute atomic E-state index is 13.5. The van der Waals surface area contributed by atoms with E-state index in [9.17, 15) is 9.59 Å². The summed E-state index contributed by atoms with van der Waals surface area (Å²) in [7, 11) is 0. The minimum Gasteiger partial charge on any atom is -0.308 e. The van der Waals surface area contributed by atoms with Crippen molar-refractivity contribution in [3.63, 3.8) is 0 Å². The SMILES string of the molecule is O=C(Nc1nn[nH]n1)c1ccc(CN(C(=O)CCCc2cccs2)c2ccc(C3CCCCC3)cc2)cc1. The van der Waals surface area contributed by atoms with Crippen molar-refractivity contribution >= 4 is 34.8 Å². The van der Waals surface area contributed by atoms with Crippen LogP contribution in [0.1, 0.15) is 77.2 Å². The average Bonchev–Trinajstić information content (AvgIpc) is 3.67. The number of anilines is 2. The van der Waals surface area contributed by atoms with E-state index in [2.05, 4.69) is 61.7 Å². The maximum atomic E-state index is 13.5. The summed E-state index contributed by atoms with van der Waals surface area (Å²) in [6, 6.07) is 20.0. The van der Waals surface area contributed by atoms with Crippen LogP contribution in [0.15, 0.2) is 66.0 Å². The Morgan fingerprint density at radius 2 is 1.79 bits per heavy atom. The van der Waals surface area contributed by atoms with Gasteiger partial charge in [-0.05, 0) is 83.7 Å². The number of amides is 2. The molecule has 1 fully saturated rings. The highest BCUT2D eigenvalue weighted by Gasteiger charge is 2.19. The van der Waals surface area contributed by atoms with E-state index < -0.39 is 0 Å². The molecule has 0 saturated heterocycles. The first kappa shape index (κ1) is 25.8. The van der Waals surface area contributed by atoms with Gasteiger partial charge in [0.05, 0.1) is 6.54 Å². The highest BCUT2D eigenvalue weighted by molar-refractivity contribution is 7.09. The summed E-state index contributed by atoms with van der Waals surface area (Å²) in [4.78, 5) is 29.1. The van der Waals surface area contributed by atoms with Gasteiger partial charge in [-0.25, -0.2) is 0 Å². The molecule has 0 bridgehead atoms. The molecule has 1 aliphatic carbocycles. The minimum absolute atomic E-state index is 0.103. The van der Waals surface area contributed by atoms with E-state index in [1.165, 1.54) is 42.5 Å². The second-order valence-electron chi connectivity index (χ2n) is 9.73. The molecule has 9 heteroatoms. The van der Waals surface area contributed by atoms with E-state index in [0.29, 0.717) is 24.4 Å². The van der Waals surface area contributed by atoms with E-state index in [4.69, 9.17) is 0 Å². The Kier molecular flexibility index (Phi) is 8.55. The number of H-pyrrole nitrogens is 1. The number of carbonyl (C=O) groups excluding carboxylic acids is 2. The molecular formula is C29H32N6O2S. The Labute approximate surface area is 226 Å². The number of aromatic nitrogens is 4. The van der Waals surface area contributed by atoms with Crippen LogP contribution in [-0.2, 0) is 17.8 Å². The number of hydrogen-bond donors (Lipinski definition) is 2. The zero-order chi connectivity index (χ0) is 26.2. The van der Waals surface area contributed by atoms with Crippen LogP contribution in [0, 0.1) is 0 Å². The quantitative estimate of drug-likeness (QED) is 0.258. The molecule has 2 N–H and O–H groups in total. The summed E-state index contributed by atoms with van der Waals surface area (Å²) < 4.78 is 0. The number of tetrazole rings is 1. The molecule has 196 valence electrons. The van der Waals surface area contributed by atoms with Gasteiger partial charge in [0.1, 0.15) is 0 Å². The third kappa shape index (κ3) is 6.72. The minimum atomic E-state index is -0.322. The highest BCUT2D eigenvalue weighted by atomic mass is 32.1. The van der Waals surface area contributed by atoms with Gasteiger partial charge in [0.25, 0.3) is 11.9 Å². The van der Waals surface area contributed by atoms with Gasteiger partial charge < -0.3 is 4.90 Å². The average molecular weight is 529 g/mol. The lowest BCUT2D eigenvalue weighted by Crippen LogP contribution is -2.30. The van der Waals surface area contributed by atoms with E-state index >= 15 is 0 Å². The van der Waals surface area contributed by atoms with Gasteiger partial charge in [-0.1, -0.05) is 54.7 Å². The molecule has 0 unspecified atom stereocenters. The fraction of sp³-hybridized carbons (Fsp3) is 0.345. The molecule has 8 nitrogen and oxygen atoms in total. The lowest BCUT2D eigenvalue weighted by molar-refractivity contribution is -0.118. The zero-order valence-electron chi connectivity index (χ0n) is 21.3.